The number of carbonyl (C=O) groups is 1. The fourth-order valence-electron chi connectivity index (χ4n) is 1.71. The average molecular weight is 281 g/mol. The van der Waals surface area contributed by atoms with Crippen LogP contribution < -0.4 is 4.74 Å². The highest BCUT2D eigenvalue weighted by atomic mass is 35.5. The molecule has 0 radical (unpaired) electrons. The van der Waals surface area contributed by atoms with Crippen molar-refractivity contribution >= 4 is 17.6 Å². The Bertz CT molecular complexity index is 616. The van der Waals surface area contributed by atoms with Crippen LogP contribution in [0, 0.1) is 13.8 Å². The van der Waals surface area contributed by atoms with E-state index in [-0.39, 0.29) is 12.4 Å². The molecule has 19 heavy (non-hydrogen) atoms. The number of benzene rings is 1. The summed E-state index contributed by atoms with van der Waals surface area (Å²) in [7, 11) is 0. The van der Waals surface area contributed by atoms with Crippen molar-refractivity contribution < 1.29 is 19.1 Å². The first-order valence-electron chi connectivity index (χ1n) is 5.69. The van der Waals surface area contributed by atoms with Gasteiger partial charge < -0.3 is 14.3 Å². The van der Waals surface area contributed by atoms with Crippen molar-refractivity contribution in [2.24, 2.45) is 0 Å². The first kappa shape index (κ1) is 13.5. The molecule has 1 heterocycles. The number of rotatable bonds is 4. The number of furan rings is 1. The molecule has 1 N–H and O–H groups in total. The molecule has 0 bridgehead atoms. The Morgan fingerprint density at radius 1 is 1.32 bits per heavy atom. The van der Waals surface area contributed by atoms with Crippen LogP contribution in [0.5, 0.6) is 5.75 Å². The van der Waals surface area contributed by atoms with E-state index in [0.29, 0.717) is 22.1 Å². The Kier molecular flexibility index (Phi) is 3.81. The second kappa shape index (κ2) is 5.36. The fraction of sp³-hybridized carbons (Fsp3) is 0.214. The molecule has 100 valence electrons. The van der Waals surface area contributed by atoms with E-state index in [2.05, 4.69) is 0 Å². The number of carboxylic acids is 1. The van der Waals surface area contributed by atoms with E-state index in [0.717, 1.165) is 5.56 Å². The van der Waals surface area contributed by atoms with Crippen LogP contribution in [0.1, 0.15) is 27.4 Å². The lowest BCUT2D eigenvalue weighted by Gasteiger charge is -2.07. The average Bonchev–Trinajstić information content (AvgIpc) is 2.72. The van der Waals surface area contributed by atoms with Crippen LogP contribution >= 0.6 is 11.6 Å². The Morgan fingerprint density at radius 2 is 2.05 bits per heavy atom. The topological polar surface area (TPSA) is 59.7 Å². The van der Waals surface area contributed by atoms with Gasteiger partial charge in [-0.15, -0.1) is 0 Å². The summed E-state index contributed by atoms with van der Waals surface area (Å²) in [6.07, 6.45) is 0. The van der Waals surface area contributed by atoms with Crippen molar-refractivity contribution in [3.8, 4) is 5.75 Å². The number of aryl methyl sites for hydroxylation is 2. The predicted molar refractivity (Wildman–Crippen MR) is 70.9 cm³/mol. The fourth-order valence-corrected chi connectivity index (χ4v) is 1.87. The molecular formula is C14H13ClO4. The molecule has 0 saturated heterocycles. The van der Waals surface area contributed by atoms with Gasteiger partial charge in [-0.25, -0.2) is 4.79 Å². The standard InChI is InChI=1S/C14H13ClO4/c1-8-3-4-10(15)6-12(8)18-7-11-5-9(2)13(19-11)14(16)17/h3-6H,7H2,1-2H3,(H,16,17). The summed E-state index contributed by atoms with van der Waals surface area (Å²) in [5, 5.41) is 9.48. The zero-order valence-corrected chi connectivity index (χ0v) is 11.3. The predicted octanol–water partition coefficient (Wildman–Crippen LogP) is 3.83. The van der Waals surface area contributed by atoms with Gasteiger partial charge in [0, 0.05) is 10.6 Å². The number of aromatic carboxylic acids is 1. The Hall–Kier alpha value is -1.94. The van der Waals surface area contributed by atoms with E-state index in [4.69, 9.17) is 25.9 Å². The number of ether oxygens (including phenoxy) is 1. The minimum absolute atomic E-state index is 0.0542. The molecule has 0 saturated carbocycles. The first-order chi connectivity index (χ1) is 8.97. The number of hydrogen-bond donors (Lipinski definition) is 1. The van der Waals surface area contributed by atoms with Crippen LogP contribution in [0.4, 0.5) is 0 Å². The van der Waals surface area contributed by atoms with Gasteiger partial charge in [0.05, 0.1) is 0 Å². The summed E-state index contributed by atoms with van der Waals surface area (Å²) >= 11 is 5.89. The molecule has 0 amide bonds. The zero-order valence-electron chi connectivity index (χ0n) is 10.6. The number of halogens is 1. The molecule has 0 aliphatic heterocycles. The molecule has 0 atom stereocenters. The third-order valence-corrected chi connectivity index (χ3v) is 2.92. The van der Waals surface area contributed by atoms with Crippen LogP contribution in [0.15, 0.2) is 28.7 Å². The van der Waals surface area contributed by atoms with Crippen molar-refractivity contribution in [1.29, 1.82) is 0 Å². The lowest BCUT2D eigenvalue weighted by Crippen LogP contribution is -1.97. The summed E-state index contributed by atoms with van der Waals surface area (Å²) in [5.74, 6) is -0.0168. The quantitative estimate of drug-likeness (QED) is 0.925. The van der Waals surface area contributed by atoms with E-state index < -0.39 is 5.97 Å². The molecule has 0 spiro atoms. The lowest BCUT2D eigenvalue weighted by molar-refractivity contribution is 0.0657. The minimum atomic E-state index is -1.08. The summed E-state index contributed by atoms with van der Waals surface area (Å²) in [6, 6.07) is 7.01. The van der Waals surface area contributed by atoms with Gasteiger partial charge in [-0.1, -0.05) is 17.7 Å². The molecule has 1 aromatic heterocycles. The van der Waals surface area contributed by atoms with E-state index in [1.807, 2.05) is 13.0 Å². The van der Waals surface area contributed by atoms with E-state index in [1.54, 1.807) is 25.1 Å². The zero-order chi connectivity index (χ0) is 14.0. The van der Waals surface area contributed by atoms with Crippen LogP contribution in [0.2, 0.25) is 5.02 Å². The van der Waals surface area contributed by atoms with Gasteiger partial charge in [-0.2, -0.15) is 0 Å². The summed E-state index contributed by atoms with van der Waals surface area (Å²) < 4.78 is 10.8. The van der Waals surface area contributed by atoms with Crippen LogP contribution in [-0.2, 0) is 6.61 Å². The smallest absolute Gasteiger partial charge is 0.372 e. The second-order valence-electron chi connectivity index (χ2n) is 4.23. The summed E-state index contributed by atoms with van der Waals surface area (Å²) in [6.45, 7) is 3.75. The Morgan fingerprint density at radius 3 is 2.68 bits per heavy atom. The molecule has 2 rings (SSSR count). The maximum absolute atomic E-state index is 10.9. The van der Waals surface area contributed by atoms with Gasteiger partial charge in [0.1, 0.15) is 18.1 Å². The molecular weight excluding hydrogens is 268 g/mol. The SMILES string of the molecule is Cc1ccc(Cl)cc1OCc1cc(C)c(C(=O)O)o1. The molecule has 5 heteroatoms. The van der Waals surface area contributed by atoms with Crippen molar-refractivity contribution in [2.45, 2.75) is 20.5 Å². The van der Waals surface area contributed by atoms with Crippen LogP contribution in [0.3, 0.4) is 0 Å². The minimum Gasteiger partial charge on any atom is -0.485 e. The third kappa shape index (κ3) is 3.09. The van der Waals surface area contributed by atoms with Crippen molar-refractivity contribution in [1.82, 2.24) is 0 Å². The van der Waals surface area contributed by atoms with Crippen LogP contribution in [0.25, 0.3) is 0 Å². The Labute approximate surface area is 115 Å². The monoisotopic (exact) mass is 280 g/mol. The number of hydrogen-bond acceptors (Lipinski definition) is 3. The highest BCUT2D eigenvalue weighted by Gasteiger charge is 2.14. The van der Waals surface area contributed by atoms with Gasteiger partial charge in [0.15, 0.2) is 0 Å². The molecule has 0 unspecified atom stereocenters. The van der Waals surface area contributed by atoms with Crippen LogP contribution in [-0.4, -0.2) is 11.1 Å². The maximum atomic E-state index is 10.9. The van der Waals surface area contributed by atoms with E-state index in [1.165, 1.54) is 0 Å². The highest BCUT2D eigenvalue weighted by molar-refractivity contribution is 6.30. The first-order valence-corrected chi connectivity index (χ1v) is 6.06. The van der Waals surface area contributed by atoms with Crippen molar-refractivity contribution in [2.75, 3.05) is 0 Å². The third-order valence-electron chi connectivity index (χ3n) is 2.68. The summed E-state index contributed by atoms with van der Waals surface area (Å²) in [5.41, 5.74) is 1.53. The molecule has 2 aromatic rings. The van der Waals surface area contributed by atoms with Crippen molar-refractivity contribution in [3.05, 3.63) is 51.9 Å². The molecule has 1 aromatic carbocycles. The molecule has 0 aliphatic carbocycles. The lowest BCUT2D eigenvalue weighted by atomic mass is 10.2. The van der Waals surface area contributed by atoms with Gasteiger partial charge >= 0.3 is 5.97 Å². The molecule has 0 aliphatic rings. The number of carboxylic acid groups (broad SMARTS) is 1. The van der Waals surface area contributed by atoms with E-state index >= 15 is 0 Å². The second-order valence-corrected chi connectivity index (χ2v) is 4.66. The molecule has 0 fully saturated rings. The molecule has 4 nitrogen and oxygen atoms in total. The highest BCUT2D eigenvalue weighted by Crippen LogP contribution is 2.24. The summed E-state index contributed by atoms with van der Waals surface area (Å²) in [4.78, 5) is 10.9. The van der Waals surface area contributed by atoms with E-state index in [9.17, 15) is 4.79 Å². The van der Waals surface area contributed by atoms with Crippen molar-refractivity contribution in [3.63, 3.8) is 0 Å². The van der Waals surface area contributed by atoms with Gasteiger partial charge in [0.25, 0.3) is 0 Å². The largest absolute Gasteiger partial charge is 0.485 e. The van der Waals surface area contributed by atoms with Gasteiger partial charge in [-0.05, 0) is 37.6 Å². The van der Waals surface area contributed by atoms with Gasteiger partial charge in [-0.3, -0.25) is 0 Å². The Balaban J connectivity index is 2.12. The normalized spacial score (nSPS) is 10.5. The maximum Gasteiger partial charge on any atom is 0.372 e. The van der Waals surface area contributed by atoms with Gasteiger partial charge in [0.2, 0.25) is 5.76 Å².